The van der Waals surface area contributed by atoms with Crippen molar-refractivity contribution < 1.29 is 9.90 Å². The summed E-state index contributed by atoms with van der Waals surface area (Å²) < 4.78 is 0. The van der Waals surface area contributed by atoms with E-state index in [-0.39, 0.29) is 5.69 Å². The van der Waals surface area contributed by atoms with E-state index in [4.69, 9.17) is 0 Å². The van der Waals surface area contributed by atoms with Gasteiger partial charge in [-0.3, -0.25) is 0 Å². The molecule has 1 aromatic heterocycles. The van der Waals surface area contributed by atoms with Gasteiger partial charge in [0.1, 0.15) is 0 Å². The molecule has 2 aromatic rings. The van der Waals surface area contributed by atoms with Crippen LogP contribution in [-0.2, 0) is 0 Å². The van der Waals surface area contributed by atoms with Gasteiger partial charge < -0.3 is 10.0 Å². The monoisotopic (exact) mass is 328 g/mol. The van der Waals surface area contributed by atoms with Crippen LogP contribution in [0.15, 0.2) is 18.2 Å². The molecule has 0 bridgehead atoms. The Hall–Kier alpha value is -2.37. The topological polar surface area (TPSA) is 71.2 Å². The van der Waals surface area contributed by atoms with Crippen LogP contribution in [0.3, 0.4) is 0 Å². The van der Waals surface area contributed by atoms with Crippen molar-refractivity contribution in [2.45, 2.75) is 52.5 Å². The van der Waals surface area contributed by atoms with Gasteiger partial charge in [-0.1, -0.05) is 13.0 Å². The highest BCUT2D eigenvalue weighted by molar-refractivity contribution is 5.91. The molecule has 24 heavy (non-hydrogen) atoms. The number of benzene rings is 1. The smallest absolute Gasteiger partial charge is 0.360 e. The average molecular weight is 328 g/mol. The minimum atomic E-state index is -1.03. The fourth-order valence-electron chi connectivity index (χ4n) is 3.30. The van der Waals surface area contributed by atoms with Gasteiger partial charge in [-0.25, -0.2) is 4.79 Å². The third kappa shape index (κ3) is 3.00. The SMILES string of the molecule is CCC1CCCCN1c1nn(-c2ccc(C)c(C)c2)nc1C(=O)O. The number of piperidine rings is 1. The molecule has 3 rings (SSSR count). The summed E-state index contributed by atoms with van der Waals surface area (Å²) in [5.41, 5.74) is 3.14. The molecule has 6 heteroatoms. The van der Waals surface area contributed by atoms with Crippen LogP contribution < -0.4 is 4.90 Å². The highest BCUT2D eigenvalue weighted by Crippen LogP contribution is 2.28. The molecule has 1 N–H and O–H groups in total. The zero-order valence-corrected chi connectivity index (χ0v) is 14.5. The minimum Gasteiger partial charge on any atom is -0.476 e. The fourth-order valence-corrected chi connectivity index (χ4v) is 3.30. The summed E-state index contributed by atoms with van der Waals surface area (Å²) in [5, 5.41) is 18.4. The number of aromatic carboxylic acids is 1. The van der Waals surface area contributed by atoms with E-state index in [0.29, 0.717) is 11.9 Å². The summed E-state index contributed by atoms with van der Waals surface area (Å²) in [6.45, 7) is 7.05. The molecule has 6 nitrogen and oxygen atoms in total. The molecule has 128 valence electrons. The number of carboxylic acid groups (broad SMARTS) is 1. The van der Waals surface area contributed by atoms with Crippen molar-refractivity contribution in [3.8, 4) is 5.69 Å². The first kappa shape index (κ1) is 16.5. The summed E-state index contributed by atoms with van der Waals surface area (Å²) in [6, 6.07) is 6.25. The quantitative estimate of drug-likeness (QED) is 0.932. The Morgan fingerprint density at radius 1 is 1.25 bits per heavy atom. The third-order valence-corrected chi connectivity index (χ3v) is 4.89. The van der Waals surface area contributed by atoms with Gasteiger partial charge in [0.2, 0.25) is 5.69 Å². The maximum atomic E-state index is 11.7. The van der Waals surface area contributed by atoms with Crippen LogP contribution in [0.5, 0.6) is 0 Å². The van der Waals surface area contributed by atoms with Gasteiger partial charge >= 0.3 is 5.97 Å². The van der Waals surface area contributed by atoms with Crippen LogP contribution in [0, 0.1) is 13.8 Å². The molecular weight excluding hydrogens is 304 g/mol. The van der Waals surface area contributed by atoms with Crippen molar-refractivity contribution in [3.63, 3.8) is 0 Å². The summed E-state index contributed by atoms with van der Waals surface area (Å²) >= 11 is 0. The van der Waals surface area contributed by atoms with Crippen LogP contribution in [-0.4, -0.2) is 38.7 Å². The van der Waals surface area contributed by atoms with E-state index in [2.05, 4.69) is 22.0 Å². The Kier molecular flexibility index (Phi) is 4.55. The number of aromatic nitrogens is 3. The van der Waals surface area contributed by atoms with E-state index in [1.807, 2.05) is 32.0 Å². The van der Waals surface area contributed by atoms with Gasteiger partial charge in [0.25, 0.3) is 0 Å². The Morgan fingerprint density at radius 2 is 2.04 bits per heavy atom. The average Bonchev–Trinajstić information content (AvgIpc) is 3.02. The normalized spacial score (nSPS) is 18.0. The molecule has 0 radical (unpaired) electrons. The highest BCUT2D eigenvalue weighted by Gasteiger charge is 2.29. The molecule has 0 aliphatic carbocycles. The second-order valence-corrected chi connectivity index (χ2v) is 6.49. The Morgan fingerprint density at radius 3 is 2.71 bits per heavy atom. The Bertz CT molecular complexity index is 753. The summed E-state index contributed by atoms with van der Waals surface area (Å²) in [7, 11) is 0. The summed E-state index contributed by atoms with van der Waals surface area (Å²) in [5.74, 6) is -0.534. The van der Waals surface area contributed by atoms with Gasteiger partial charge in [0.15, 0.2) is 5.82 Å². The maximum absolute atomic E-state index is 11.7. The summed E-state index contributed by atoms with van der Waals surface area (Å²) in [6.07, 6.45) is 4.30. The van der Waals surface area contributed by atoms with Crippen LogP contribution in [0.1, 0.15) is 54.2 Å². The number of hydrogen-bond donors (Lipinski definition) is 1. The van der Waals surface area contributed by atoms with E-state index in [0.717, 1.165) is 37.1 Å². The molecule has 1 fully saturated rings. The van der Waals surface area contributed by atoms with Gasteiger partial charge in [-0.2, -0.15) is 0 Å². The molecule has 1 aromatic carbocycles. The molecule has 1 aliphatic heterocycles. The third-order valence-electron chi connectivity index (χ3n) is 4.89. The van der Waals surface area contributed by atoms with Gasteiger partial charge in [-0.15, -0.1) is 15.0 Å². The lowest BCUT2D eigenvalue weighted by molar-refractivity contribution is 0.0690. The maximum Gasteiger partial charge on any atom is 0.360 e. The van der Waals surface area contributed by atoms with Gasteiger partial charge in [0, 0.05) is 12.6 Å². The standard InChI is InChI=1S/C18H24N4O2/c1-4-14-7-5-6-10-21(14)17-16(18(23)24)19-22(20-17)15-9-8-12(2)13(3)11-15/h8-9,11,14H,4-7,10H2,1-3H3,(H,23,24). The van der Waals surface area contributed by atoms with Crippen molar-refractivity contribution in [3.05, 3.63) is 35.0 Å². The summed E-state index contributed by atoms with van der Waals surface area (Å²) in [4.78, 5) is 15.3. The van der Waals surface area contributed by atoms with Crippen molar-refractivity contribution in [2.75, 3.05) is 11.4 Å². The van der Waals surface area contributed by atoms with Crippen LogP contribution in [0.25, 0.3) is 5.69 Å². The second-order valence-electron chi connectivity index (χ2n) is 6.49. The van der Waals surface area contributed by atoms with E-state index in [9.17, 15) is 9.90 Å². The molecule has 1 aliphatic rings. The predicted molar refractivity (Wildman–Crippen MR) is 93.1 cm³/mol. The lowest BCUT2D eigenvalue weighted by Gasteiger charge is -2.35. The highest BCUT2D eigenvalue weighted by atomic mass is 16.4. The molecule has 1 saturated heterocycles. The van der Waals surface area contributed by atoms with Crippen LogP contribution in [0.2, 0.25) is 0 Å². The van der Waals surface area contributed by atoms with Crippen molar-refractivity contribution in [1.29, 1.82) is 0 Å². The van der Waals surface area contributed by atoms with E-state index in [1.165, 1.54) is 16.8 Å². The molecule has 0 spiro atoms. The molecule has 0 saturated carbocycles. The lowest BCUT2D eigenvalue weighted by Crippen LogP contribution is -2.40. The first-order valence-corrected chi connectivity index (χ1v) is 8.56. The second kappa shape index (κ2) is 6.63. The molecular formula is C18H24N4O2. The number of aryl methyl sites for hydroxylation is 2. The van der Waals surface area contributed by atoms with Crippen molar-refractivity contribution in [1.82, 2.24) is 15.0 Å². The lowest BCUT2D eigenvalue weighted by atomic mass is 10.00. The fraction of sp³-hybridized carbons (Fsp3) is 0.500. The van der Waals surface area contributed by atoms with Crippen LogP contribution in [0.4, 0.5) is 5.82 Å². The van der Waals surface area contributed by atoms with Crippen LogP contribution >= 0.6 is 0 Å². The Labute approximate surface area is 142 Å². The first-order chi connectivity index (χ1) is 11.5. The van der Waals surface area contributed by atoms with Crippen molar-refractivity contribution >= 4 is 11.8 Å². The zero-order valence-electron chi connectivity index (χ0n) is 14.5. The Balaban J connectivity index is 2.04. The zero-order chi connectivity index (χ0) is 17.3. The molecule has 1 unspecified atom stereocenters. The largest absolute Gasteiger partial charge is 0.476 e. The van der Waals surface area contributed by atoms with Gasteiger partial charge in [0.05, 0.1) is 5.69 Å². The van der Waals surface area contributed by atoms with Gasteiger partial charge in [-0.05, 0) is 62.8 Å². The number of carboxylic acids is 1. The molecule has 0 amide bonds. The van der Waals surface area contributed by atoms with E-state index >= 15 is 0 Å². The number of hydrogen-bond acceptors (Lipinski definition) is 4. The number of rotatable bonds is 4. The van der Waals surface area contributed by atoms with Crippen molar-refractivity contribution in [2.24, 2.45) is 0 Å². The molecule has 1 atom stereocenters. The number of nitrogens with zero attached hydrogens (tertiary/aromatic N) is 4. The molecule has 2 heterocycles. The predicted octanol–water partition coefficient (Wildman–Crippen LogP) is 3.35. The number of carbonyl (C=O) groups is 1. The van der Waals surface area contributed by atoms with E-state index in [1.54, 1.807) is 0 Å². The van der Waals surface area contributed by atoms with E-state index < -0.39 is 5.97 Å². The first-order valence-electron chi connectivity index (χ1n) is 8.56. The minimum absolute atomic E-state index is 0.0357. The number of anilines is 1.